The molecule has 110 valence electrons. The Balaban J connectivity index is 1.99. The van der Waals surface area contributed by atoms with Crippen molar-refractivity contribution in [3.8, 4) is 0 Å². The normalized spacial score (nSPS) is 33.3. The Hall–Kier alpha value is -0.660. The highest BCUT2D eigenvalue weighted by atomic mass is 32.2. The van der Waals surface area contributed by atoms with Gasteiger partial charge in [-0.1, -0.05) is 12.8 Å². The lowest BCUT2D eigenvalue weighted by molar-refractivity contribution is -0.126. The molecule has 2 N–H and O–H groups in total. The van der Waals surface area contributed by atoms with Crippen molar-refractivity contribution < 1.29 is 18.3 Å². The van der Waals surface area contributed by atoms with Gasteiger partial charge in [0.25, 0.3) is 0 Å². The van der Waals surface area contributed by atoms with Crippen molar-refractivity contribution in [3.05, 3.63) is 0 Å². The van der Waals surface area contributed by atoms with E-state index in [2.05, 4.69) is 5.32 Å². The Morgan fingerprint density at radius 2 is 1.89 bits per heavy atom. The van der Waals surface area contributed by atoms with E-state index in [9.17, 15) is 18.3 Å². The van der Waals surface area contributed by atoms with Gasteiger partial charge in [-0.05, 0) is 25.7 Å². The number of sulfonamides is 1. The van der Waals surface area contributed by atoms with Gasteiger partial charge in [0.05, 0.1) is 18.4 Å². The second kappa shape index (κ2) is 5.76. The minimum atomic E-state index is -3.34. The summed E-state index contributed by atoms with van der Waals surface area (Å²) in [5.41, 5.74) is 0. The summed E-state index contributed by atoms with van der Waals surface area (Å²) >= 11 is 0. The summed E-state index contributed by atoms with van der Waals surface area (Å²) in [5.74, 6) is -0.270. The van der Waals surface area contributed by atoms with Crippen LogP contribution in [0, 0.1) is 0 Å². The van der Waals surface area contributed by atoms with E-state index in [0.29, 0.717) is 25.8 Å². The van der Waals surface area contributed by atoms with Gasteiger partial charge in [0.1, 0.15) is 6.04 Å². The summed E-state index contributed by atoms with van der Waals surface area (Å²) in [6.07, 6.45) is 5.32. The standard InChI is InChI=1S/C12H22N2O4S/c1-19(17,18)14-8-4-6-10(14)12(16)13-9-5-2-3-7-11(9)15/h9-11,15H,2-8H2,1H3,(H,13,16)/t9-,10?,11-/m0/s1. The summed E-state index contributed by atoms with van der Waals surface area (Å²) < 4.78 is 24.5. The van der Waals surface area contributed by atoms with E-state index in [1.807, 2.05) is 0 Å². The maximum absolute atomic E-state index is 12.2. The fourth-order valence-corrected chi connectivity index (χ4v) is 4.08. The predicted octanol–water partition coefficient (Wildman–Crippen LogP) is -0.170. The number of aliphatic hydroxyl groups excluding tert-OH is 1. The lowest BCUT2D eigenvalue weighted by Gasteiger charge is -2.30. The Morgan fingerprint density at radius 1 is 1.21 bits per heavy atom. The molecule has 2 fully saturated rings. The molecule has 1 saturated heterocycles. The van der Waals surface area contributed by atoms with Gasteiger partial charge in [-0.2, -0.15) is 4.31 Å². The number of nitrogens with one attached hydrogen (secondary N) is 1. The van der Waals surface area contributed by atoms with Crippen LogP contribution in [-0.4, -0.2) is 54.7 Å². The Kier molecular flexibility index (Phi) is 4.47. The second-order valence-electron chi connectivity index (χ2n) is 5.50. The first-order valence-electron chi connectivity index (χ1n) is 6.85. The third-order valence-corrected chi connectivity index (χ3v) is 5.28. The van der Waals surface area contributed by atoms with Gasteiger partial charge >= 0.3 is 0 Å². The summed E-state index contributed by atoms with van der Waals surface area (Å²) in [6, 6.07) is -0.840. The van der Waals surface area contributed by atoms with Crippen molar-refractivity contribution in [2.24, 2.45) is 0 Å². The summed E-state index contributed by atoms with van der Waals surface area (Å²) in [5, 5.41) is 12.7. The van der Waals surface area contributed by atoms with Crippen molar-refractivity contribution in [2.45, 2.75) is 56.7 Å². The van der Waals surface area contributed by atoms with Crippen LogP contribution in [0.3, 0.4) is 0 Å². The molecule has 1 aliphatic carbocycles. The molecule has 0 aromatic heterocycles. The molecule has 1 saturated carbocycles. The molecule has 0 spiro atoms. The molecule has 3 atom stereocenters. The van der Waals surface area contributed by atoms with E-state index in [1.165, 1.54) is 4.31 Å². The lowest BCUT2D eigenvalue weighted by atomic mass is 9.92. The van der Waals surface area contributed by atoms with Crippen LogP contribution in [0.2, 0.25) is 0 Å². The number of hydrogen-bond acceptors (Lipinski definition) is 4. The fraction of sp³-hybridized carbons (Fsp3) is 0.917. The highest BCUT2D eigenvalue weighted by Gasteiger charge is 2.37. The van der Waals surface area contributed by atoms with E-state index >= 15 is 0 Å². The molecule has 0 radical (unpaired) electrons. The smallest absolute Gasteiger partial charge is 0.238 e. The third-order valence-electron chi connectivity index (χ3n) is 3.99. The first-order chi connectivity index (χ1) is 8.89. The van der Waals surface area contributed by atoms with Crippen molar-refractivity contribution in [1.82, 2.24) is 9.62 Å². The first-order valence-corrected chi connectivity index (χ1v) is 8.69. The quantitative estimate of drug-likeness (QED) is 0.755. The van der Waals surface area contributed by atoms with Crippen LogP contribution in [0.4, 0.5) is 0 Å². The number of amides is 1. The maximum Gasteiger partial charge on any atom is 0.238 e. The van der Waals surface area contributed by atoms with E-state index in [-0.39, 0.29) is 11.9 Å². The maximum atomic E-state index is 12.2. The van der Waals surface area contributed by atoms with E-state index in [0.717, 1.165) is 25.5 Å². The van der Waals surface area contributed by atoms with Crippen molar-refractivity contribution in [2.75, 3.05) is 12.8 Å². The molecule has 1 heterocycles. The minimum absolute atomic E-state index is 0.233. The molecule has 0 bridgehead atoms. The average molecular weight is 290 g/mol. The molecular weight excluding hydrogens is 268 g/mol. The van der Waals surface area contributed by atoms with Crippen molar-refractivity contribution >= 4 is 15.9 Å². The Bertz CT molecular complexity index is 437. The monoisotopic (exact) mass is 290 g/mol. The molecule has 19 heavy (non-hydrogen) atoms. The average Bonchev–Trinajstić information content (AvgIpc) is 2.81. The van der Waals surface area contributed by atoms with Gasteiger partial charge in [-0.25, -0.2) is 8.42 Å². The highest BCUT2D eigenvalue weighted by Crippen LogP contribution is 2.22. The molecule has 1 amide bonds. The second-order valence-corrected chi connectivity index (χ2v) is 7.43. The van der Waals surface area contributed by atoms with Crippen LogP contribution in [0.1, 0.15) is 38.5 Å². The largest absolute Gasteiger partial charge is 0.391 e. The molecule has 0 aromatic rings. The summed E-state index contributed by atoms with van der Waals surface area (Å²) in [6.45, 7) is 0.407. The van der Waals surface area contributed by atoms with E-state index in [4.69, 9.17) is 0 Å². The van der Waals surface area contributed by atoms with Crippen LogP contribution in [0.15, 0.2) is 0 Å². The SMILES string of the molecule is CS(=O)(=O)N1CCCC1C(=O)N[C@H]1CCCC[C@@H]1O. The summed E-state index contributed by atoms with van der Waals surface area (Å²) in [4.78, 5) is 12.2. The van der Waals surface area contributed by atoms with E-state index < -0.39 is 22.2 Å². The number of carbonyl (C=O) groups is 1. The lowest BCUT2D eigenvalue weighted by Crippen LogP contribution is -2.52. The molecule has 6 nitrogen and oxygen atoms in total. The molecule has 2 rings (SSSR count). The van der Waals surface area contributed by atoms with Gasteiger partial charge in [-0.15, -0.1) is 0 Å². The Morgan fingerprint density at radius 3 is 2.53 bits per heavy atom. The van der Waals surface area contributed by atoms with Crippen LogP contribution in [-0.2, 0) is 14.8 Å². The molecule has 1 aliphatic heterocycles. The van der Waals surface area contributed by atoms with Gasteiger partial charge in [0.15, 0.2) is 0 Å². The zero-order valence-electron chi connectivity index (χ0n) is 11.2. The van der Waals surface area contributed by atoms with Gasteiger partial charge < -0.3 is 10.4 Å². The highest BCUT2D eigenvalue weighted by molar-refractivity contribution is 7.88. The number of nitrogens with zero attached hydrogens (tertiary/aromatic N) is 1. The van der Waals surface area contributed by atoms with Crippen LogP contribution < -0.4 is 5.32 Å². The zero-order valence-corrected chi connectivity index (χ0v) is 12.0. The number of rotatable bonds is 3. The zero-order chi connectivity index (χ0) is 14.0. The van der Waals surface area contributed by atoms with Crippen LogP contribution in [0.5, 0.6) is 0 Å². The minimum Gasteiger partial charge on any atom is -0.391 e. The van der Waals surface area contributed by atoms with Crippen LogP contribution >= 0.6 is 0 Å². The fourth-order valence-electron chi connectivity index (χ4n) is 2.96. The number of aliphatic hydroxyl groups is 1. The molecular formula is C12H22N2O4S. The van der Waals surface area contributed by atoms with Gasteiger partial charge in [0, 0.05) is 6.54 Å². The van der Waals surface area contributed by atoms with Crippen molar-refractivity contribution in [3.63, 3.8) is 0 Å². The summed E-state index contributed by atoms with van der Waals surface area (Å²) in [7, 11) is -3.34. The molecule has 2 aliphatic rings. The van der Waals surface area contributed by atoms with Gasteiger partial charge in [0.2, 0.25) is 15.9 Å². The van der Waals surface area contributed by atoms with Crippen LogP contribution in [0.25, 0.3) is 0 Å². The molecule has 1 unspecified atom stereocenters. The Labute approximate surface area is 114 Å². The molecule has 0 aromatic carbocycles. The first kappa shape index (κ1) is 14.7. The molecule has 7 heteroatoms. The van der Waals surface area contributed by atoms with Gasteiger partial charge in [-0.3, -0.25) is 4.79 Å². The van der Waals surface area contributed by atoms with Crippen molar-refractivity contribution in [1.29, 1.82) is 0 Å². The topological polar surface area (TPSA) is 86.7 Å². The van der Waals surface area contributed by atoms with E-state index in [1.54, 1.807) is 0 Å². The number of carbonyl (C=O) groups excluding carboxylic acids is 1. The third kappa shape index (κ3) is 3.46. The predicted molar refractivity (Wildman–Crippen MR) is 71.0 cm³/mol. The number of hydrogen-bond donors (Lipinski definition) is 2.